The van der Waals surface area contributed by atoms with E-state index in [0.29, 0.717) is 39.5 Å². The predicted molar refractivity (Wildman–Crippen MR) is 113 cm³/mol. The maximum atomic E-state index is 13.3. The van der Waals surface area contributed by atoms with Crippen molar-refractivity contribution in [3.05, 3.63) is 30.0 Å². The van der Waals surface area contributed by atoms with Crippen LogP contribution < -0.4 is 5.32 Å². The van der Waals surface area contributed by atoms with Crippen LogP contribution in [0.4, 0.5) is 0 Å². The zero-order valence-corrected chi connectivity index (χ0v) is 17.9. The molecule has 2 fully saturated rings. The van der Waals surface area contributed by atoms with Crippen LogP contribution in [0, 0.1) is 0 Å². The summed E-state index contributed by atoms with van der Waals surface area (Å²) in [4.78, 5) is 15.3. The highest BCUT2D eigenvalue weighted by molar-refractivity contribution is 5.85. The normalized spacial score (nSPS) is 20.4. The fourth-order valence-corrected chi connectivity index (χ4v) is 4.09. The highest BCUT2D eigenvalue weighted by Crippen LogP contribution is 2.37. The monoisotopic (exact) mass is 416 g/mol. The summed E-state index contributed by atoms with van der Waals surface area (Å²) < 4.78 is 18.4. The molecule has 4 rings (SSSR count). The molecule has 0 bridgehead atoms. The van der Waals surface area contributed by atoms with Gasteiger partial charge in [0.05, 0.1) is 50.2 Å². The second kappa shape index (κ2) is 9.87. The number of benzene rings is 1. The number of para-hydroxylation sites is 1. The first-order chi connectivity index (χ1) is 14.7. The Kier molecular flexibility index (Phi) is 6.99. The molecule has 0 radical (unpaired) electrons. The van der Waals surface area contributed by atoms with Crippen molar-refractivity contribution in [1.29, 1.82) is 0 Å². The number of carbonyl (C=O) groups is 1. The van der Waals surface area contributed by atoms with Gasteiger partial charge in [-0.25, -0.2) is 0 Å². The van der Waals surface area contributed by atoms with Crippen LogP contribution in [0.3, 0.4) is 0 Å². The average molecular weight is 417 g/mol. The van der Waals surface area contributed by atoms with E-state index in [4.69, 9.17) is 19.3 Å². The van der Waals surface area contributed by atoms with Crippen molar-refractivity contribution in [3.63, 3.8) is 0 Å². The lowest BCUT2D eigenvalue weighted by Crippen LogP contribution is -2.50. The number of carbonyl (C=O) groups excluding carboxylic acids is 1. The van der Waals surface area contributed by atoms with E-state index in [1.165, 1.54) is 0 Å². The number of nitrogens with zero attached hydrogens (tertiary/aromatic N) is 3. The lowest BCUT2D eigenvalue weighted by Gasteiger charge is -2.33. The van der Waals surface area contributed by atoms with Gasteiger partial charge >= 0.3 is 0 Å². The van der Waals surface area contributed by atoms with E-state index in [-0.39, 0.29) is 18.0 Å². The molecule has 30 heavy (non-hydrogen) atoms. The molecule has 1 aromatic heterocycles. The van der Waals surface area contributed by atoms with Gasteiger partial charge in [-0.05, 0) is 25.8 Å². The number of ether oxygens (including phenoxy) is 3. The zero-order valence-electron chi connectivity index (χ0n) is 17.9. The SMILES string of the molecule is COCCOCCn1nc([C@H](C)N(C(=O)[C@H]2CNCCO2)C2CC2)c2ccccc21. The largest absolute Gasteiger partial charge is 0.382 e. The summed E-state index contributed by atoms with van der Waals surface area (Å²) in [6, 6.07) is 8.37. The van der Waals surface area contributed by atoms with Crippen molar-refractivity contribution in [2.45, 2.75) is 44.5 Å². The number of methoxy groups -OCH3 is 1. The topological polar surface area (TPSA) is 77.9 Å². The van der Waals surface area contributed by atoms with Crippen LogP contribution in [-0.2, 0) is 25.5 Å². The van der Waals surface area contributed by atoms with Crippen molar-refractivity contribution in [2.24, 2.45) is 0 Å². The van der Waals surface area contributed by atoms with Gasteiger partial charge in [0.25, 0.3) is 5.91 Å². The van der Waals surface area contributed by atoms with E-state index in [9.17, 15) is 4.79 Å². The van der Waals surface area contributed by atoms with Gasteiger partial charge in [-0.2, -0.15) is 5.10 Å². The molecule has 0 unspecified atom stereocenters. The van der Waals surface area contributed by atoms with Crippen LogP contribution in [0.25, 0.3) is 10.9 Å². The molecule has 0 spiro atoms. The van der Waals surface area contributed by atoms with Crippen LogP contribution in [0.1, 0.15) is 31.5 Å². The summed E-state index contributed by atoms with van der Waals surface area (Å²) >= 11 is 0. The van der Waals surface area contributed by atoms with Gasteiger partial charge in [-0.1, -0.05) is 18.2 Å². The van der Waals surface area contributed by atoms with Crippen LogP contribution >= 0.6 is 0 Å². The van der Waals surface area contributed by atoms with Gasteiger partial charge in [0.2, 0.25) is 0 Å². The van der Waals surface area contributed by atoms with Gasteiger partial charge in [-0.3, -0.25) is 9.48 Å². The van der Waals surface area contributed by atoms with Gasteiger partial charge in [0.1, 0.15) is 6.10 Å². The summed E-state index contributed by atoms with van der Waals surface area (Å²) in [5, 5.41) is 9.27. The lowest BCUT2D eigenvalue weighted by atomic mass is 10.1. The van der Waals surface area contributed by atoms with Crippen molar-refractivity contribution >= 4 is 16.8 Å². The first-order valence-electron chi connectivity index (χ1n) is 10.9. The minimum absolute atomic E-state index is 0.0683. The molecular weight excluding hydrogens is 384 g/mol. The fourth-order valence-electron chi connectivity index (χ4n) is 4.09. The Hall–Kier alpha value is -2.00. The molecule has 8 nitrogen and oxygen atoms in total. The Morgan fingerprint density at radius 3 is 2.90 bits per heavy atom. The molecule has 8 heteroatoms. The summed E-state index contributed by atoms with van der Waals surface area (Å²) in [5.41, 5.74) is 2.00. The molecular formula is C22H32N4O4. The Labute approximate surface area is 177 Å². The van der Waals surface area contributed by atoms with E-state index in [1.54, 1.807) is 7.11 Å². The van der Waals surface area contributed by atoms with Crippen LogP contribution in [0.5, 0.6) is 0 Å². The van der Waals surface area contributed by atoms with E-state index in [0.717, 1.165) is 36.0 Å². The Morgan fingerprint density at radius 2 is 2.17 bits per heavy atom. The van der Waals surface area contributed by atoms with Gasteiger partial charge < -0.3 is 24.4 Å². The standard InChI is InChI=1S/C22H32N4O4/c1-16(26(17-7-8-17)22(27)20-15-23-9-11-30-20)21-18-5-3-4-6-19(18)25(24-21)10-12-29-14-13-28-2/h3-6,16-17,20,23H,7-15H2,1-2H3/t16-,20+/m0/s1. The second-order valence-corrected chi connectivity index (χ2v) is 7.95. The van der Waals surface area contributed by atoms with Gasteiger partial charge in [-0.15, -0.1) is 0 Å². The van der Waals surface area contributed by atoms with Crippen LogP contribution in [0.2, 0.25) is 0 Å². The van der Waals surface area contributed by atoms with E-state index < -0.39 is 6.10 Å². The molecule has 1 saturated carbocycles. The van der Waals surface area contributed by atoms with E-state index in [1.807, 2.05) is 21.7 Å². The third-order valence-corrected chi connectivity index (χ3v) is 5.78. The third kappa shape index (κ3) is 4.67. The number of hydrogen-bond acceptors (Lipinski definition) is 6. The van der Waals surface area contributed by atoms with Crippen molar-refractivity contribution in [3.8, 4) is 0 Å². The number of amides is 1. The van der Waals surface area contributed by atoms with Gasteiger partial charge in [0.15, 0.2) is 0 Å². The molecule has 164 valence electrons. The number of hydrogen-bond donors (Lipinski definition) is 1. The molecule has 1 aliphatic carbocycles. The summed E-state index contributed by atoms with van der Waals surface area (Å²) in [7, 11) is 1.67. The van der Waals surface area contributed by atoms with E-state index in [2.05, 4.69) is 24.4 Å². The summed E-state index contributed by atoms with van der Waals surface area (Å²) in [5.74, 6) is 0.0683. The van der Waals surface area contributed by atoms with Crippen LogP contribution in [-0.4, -0.2) is 79.4 Å². The fraction of sp³-hybridized carbons (Fsp3) is 0.636. The number of morpholine rings is 1. The van der Waals surface area contributed by atoms with E-state index >= 15 is 0 Å². The van der Waals surface area contributed by atoms with Crippen LogP contribution in [0.15, 0.2) is 24.3 Å². The molecule has 1 N–H and O–H groups in total. The smallest absolute Gasteiger partial charge is 0.253 e. The predicted octanol–water partition coefficient (Wildman–Crippen LogP) is 1.74. The number of fused-ring (bicyclic) bond motifs is 1. The Bertz CT molecular complexity index is 845. The highest BCUT2D eigenvalue weighted by Gasteiger charge is 2.41. The molecule has 1 aliphatic heterocycles. The summed E-state index contributed by atoms with van der Waals surface area (Å²) in [6.45, 7) is 6.40. The molecule has 2 aromatic rings. The maximum absolute atomic E-state index is 13.3. The molecule has 2 aliphatic rings. The molecule has 2 atom stereocenters. The molecule has 1 amide bonds. The van der Waals surface area contributed by atoms with Crippen molar-refractivity contribution in [1.82, 2.24) is 20.0 Å². The lowest BCUT2D eigenvalue weighted by molar-refractivity contribution is -0.148. The Balaban J connectivity index is 1.55. The second-order valence-electron chi connectivity index (χ2n) is 7.95. The molecule has 2 heterocycles. The Morgan fingerprint density at radius 1 is 1.33 bits per heavy atom. The average Bonchev–Trinajstić information content (AvgIpc) is 3.55. The minimum atomic E-state index is -0.413. The summed E-state index contributed by atoms with van der Waals surface area (Å²) in [6.07, 6.45) is 1.68. The quantitative estimate of drug-likeness (QED) is 0.595. The minimum Gasteiger partial charge on any atom is -0.382 e. The first kappa shape index (κ1) is 21.2. The molecule has 1 saturated heterocycles. The zero-order chi connectivity index (χ0) is 20.9. The number of nitrogens with one attached hydrogen (secondary N) is 1. The third-order valence-electron chi connectivity index (χ3n) is 5.78. The van der Waals surface area contributed by atoms with Crippen molar-refractivity contribution < 1.29 is 19.0 Å². The van der Waals surface area contributed by atoms with Crippen molar-refractivity contribution in [2.75, 3.05) is 46.6 Å². The first-order valence-corrected chi connectivity index (χ1v) is 10.9. The molecule has 1 aromatic carbocycles. The van der Waals surface area contributed by atoms with Gasteiger partial charge in [0, 0.05) is 31.6 Å². The highest BCUT2D eigenvalue weighted by atomic mass is 16.5. The number of rotatable bonds is 10. The maximum Gasteiger partial charge on any atom is 0.253 e. The number of aromatic nitrogens is 2.